The molecule has 2 heterocycles. The van der Waals surface area contributed by atoms with Crippen LogP contribution in [0.1, 0.15) is 44.0 Å². The van der Waals surface area contributed by atoms with Crippen LogP contribution in [0.2, 0.25) is 0 Å². The number of hydrogen-bond donors (Lipinski definition) is 2. The lowest BCUT2D eigenvalue weighted by Gasteiger charge is -2.26. The topological polar surface area (TPSA) is 118 Å². The Labute approximate surface area is 157 Å². The average molecular weight is 376 g/mol. The van der Waals surface area contributed by atoms with Crippen molar-refractivity contribution in [2.45, 2.75) is 45.7 Å². The Morgan fingerprint density at radius 2 is 2.11 bits per heavy atom. The van der Waals surface area contributed by atoms with Crippen LogP contribution in [0.25, 0.3) is 0 Å². The molecule has 0 saturated carbocycles. The fourth-order valence-electron chi connectivity index (χ4n) is 2.92. The second-order valence-corrected chi connectivity index (χ2v) is 6.25. The maximum Gasteiger partial charge on any atom is 0.328 e. The van der Waals surface area contributed by atoms with E-state index in [2.05, 4.69) is 15.6 Å². The van der Waals surface area contributed by atoms with Gasteiger partial charge in [-0.15, -0.1) is 0 Å². The van der Waals surface area contributed by atoms with E-state index in [1.807, 2.05) is 0 Å². The van der Waals surface area contributed by atoms with Gasteiger partial charge in [0.15, 0.2) is 0 Å². The van der Waals surface area contributed by atoms with Crippen molar-refractivity contribution in [2.24, 2.45) is 0 Å². The number of pyridine rings is 1. The molecule has 0 unspecified atom stereocenters. The van der Waals surface area contributed by atoms with Gasteiger partial charge in [0, 0.05) is 25.2 Å². The molecule has 3 amide bonds. The minimum absolute atomic E-state index is 0.246. The van der Waals surface area contributed by atoms with Gasteiger partial charge < -0.3 is 20.3 Å². The van der Waals surface area contributed by atoms with Crippen LogP contribution in [0, 0.1) is 0 Å². The Bertz CT molecular complexity index is 736. The molecule has 1 aliphatic rings. The third-order valence-electron chi connectivity index (χ3n) is 4.14. The van der Waals surface area contributed by atoms with Gasteiger partial charge in [0.25, 0.3) is 5.91 Å². The highest BCUT2D eigenvalue weighted by Crippen LogP contribution is 2.19. The van der Waals surface area contributed by atoms with Gasteiger partial charge in [-0.3, -0.25) is 14.4 Å². The summed E-state index contributed by atoms with van der Waals surface area (Å²) in [6.45, 7) is 5.32. The van der Waals surface area contributed by atoms with Crippen molar-refractivity contribution in [2.75, 3.05) is 18.5 Å². The van der Waals surface area contributed by atoms with E-state index >= 15 is 0 Å². The van der Waals surface area contributed by atoms with Gasteiger partial charge in [-0.05, 0) is 38.8 Å². The first-order valence-corrected chi connectivity index (χ1v) is 8.85. The Morgan fingerprint density at radius 1 is 1.37 bits per heavy atom. The van der Waals surface area contributed by atoms with Crippen LogP contribution in [-0.2, 0) is 19.1 Å². The first kappa shape index (κ1) is 20.3. The summed E-state index contributed by atoms with van der Waals surface area (Å²) < 4.78 is 5.02. The fourth-order valence-corrected chi connectivity index (χ4v) is 2.92. The minimum Gasteiger partial charge on any atom is -0.464 e. The maximum atomic E-state index is 12.7. The van der Waals surface area contributed by atoms with E-state index in [1.165, 1.54) is 30.2 Å². The molecule has 9 heteroatoms. The number of anilines is 1. The summed E-state index contributed by atoms with van der Waals surface area (Å²) in [5.41, 5.74) is 0.261. The van der Waals surface area contributed by atoms with Crippen molar-refractivity contribution in [3.8, 4) is 0 Å². The van der Waals surface area contributed by atoms with E-state index in [9.17, 15) is 19.2 Å². The molecule has 146 valence electrons. The van der Waals surface area contributed by atoms with Crippen LogP contribution in [0.4, 0.5) is 5.82 Å². The molecule has 2 atom stereocenters. The molecule has 27 heavy (non-hydrogen) atoms. The molecule has 1 fully saturated rings. The number of ether oxygens (including phenoxy) is 1. The van der Waals surface area contributed by atoms with Crippen molar-refractivity contribution in [1.29, 1.82) is 0 Å². The predicted octanol–water partition coefficient (Wildman–Crippen LogP) is 0.712. The molecule has 0 spiro atoms. The van der Waals surface area contributed by atoms with Gasteiger partial charge in [0.1, 0.15) is 17.9 Å². The Kier molecular flexibility index (Phi) is 6.86. The molecule has 9 nitrogen and oxygen atoms in total. The zero-order chi connectivity index (χ0) is 20.0. The SMILES string of the molecule is CCOC(=O)[C@@H]1CCCN1C(=O)[C@H](C)NC(=O)c1ccnc(NC(C)=O)c1. The number of esters is 1. The molecule has 2 rings (SSSR count). The van der Waals surface area contributed by atoms with E-state index in [0.717, 1.165) is 0 Å². The number of nitrogens with zero attached hydrogens (tertiary/aromatic N) is 2. The van der Waals surface area contributed by atoms with Crippen LogP contribution in [0.3, 0.4) is 0 Å². The smallest absolute Gasteiger partial charge is 0.328 e. The summed E-state index contributed by atoms with van der Waals surface area (Å²) in [6.07, 6.45) is 2.65. The highest BCUT2D eigenvalue weighted by atomic mass is 16.5. The van der Waals surface area contributed by atoms with Gasteiger partial charge in [0.05, 0.1) is 6.61 Å². The van der Waals surface area contributed by atoms with E-state index in [0.29, 0.717) is 19.4 Å². The standard InChI is InChI=1S/C18H24N4O5/c1-4-27-18(26)14-6-5-9-22(14)17(25)11(2)20-16(24)13-7-8-19-15(10-13)21-12(3)23/h7-8,10-11,14H,4-6,9H2,1-3H3,(H,20,24)(H,19,21,23)/t11-,14-/m0/s1. The lowest BCUT2D eigenvalue weighted by molar-refractivity contribution is -0.153. The minimum atomic E-state index is -0.815. The lowest BCUT2D eigenvalue weighted by atomic mass is 10.2. The highest BCUT2D eigenvalue weighted by molar-refractivity contribution is 5.99. The Morgan fingerprint density at radius 3 is 2.78 bits per heavy atom. The van der Waals surface area contributed by atoms with E-state index in [4.69, 9.17) is 4.74 Å². The maximum absolute atomic E-state index is 12.7. The molecular weight excluding hydrogens is 352 g/mol. The van der Waals surface area contributed by atoms with Crippen LogP contribution in [-0.4, -0.2) is 58.8 Å². The Balaban J connectivity index is 2.02. The van der Waals surface area contributed by atoms with Gasteiger partial charge >= 0.3 is 5.97 Å². The second-order valence-electron chi connectivity index (χ2n) is 6.25. The van der Waals surface area contributed by atoms with Gasteiger partial charge in [-0.25, -0.2) is 9.78 Å². The fraction of sp³-hybridized carbons (Fsp3) is 0.500. The molecule has 0 bridgehead atoms. The van der Waals surface area contributed by atoms with Crippen LogP contribution >= 0.6 is 0 Å². The number of hydrogen-bond acceptors (Lipinski definition) is 6. The number of nitrogens with one attached hydrogen (secondary N) is 2. The second kappa shape index (κ2) is 9.11. The molecule has 0 aliphatic carbocycles. The first-order valence-electron chi connectivity index (χ1n) is 8.85. The van der Waals surface area contributed by atoms with Crippen molar-refractivity contribution in [1.82, 2.24) is 15.2 Å². The number of rotatable bonds is 6. The van der Waals surface area contributed by atoms with Crippen LogP contribution < -0.4 is 10.6 Å². The largest absolute Gasteiger partial charge is 0.464 e. The molecule has 1 aliphatic heterocycles. The summed E-state index contributed by atoms with van der Waals surface area (Å²) in [5.74, 6) is -1.29. The summed E-state index contributed by atoms with van der Waals surface area (Å²) in [7, 11) is 0. The van der Waals surface area contributed by atoms with Crippen molar-refractivity contribution >= 4 is 29.5 Å². The molecule has 1 saturated heterocycles. The summed E-state index contributed by atoms with van der Waals surface area (Å²) in [5, 5.41) is 5.12. The van der Waals surface area contributed by atoms with E-state index < -0.39 is 24.0 Å². The van der Waals surface area contributed by atoms with Crippen molar-refractivity contribution < 1.29 is 23.9 Å². The number of carbonyl (C=O) groups excluding carboxylic acids is 4. The van der Waals surface area contributed by atoms with Gasteiger partial charge in [-0.1, -0.05) is 0 Å². The third-order valence-corrected chi connectivity index (χ3v) is 4.14. The molecular formula is C18H24N4O5. The number of aromatic nitrogens is 1. The van der Waals surface area contributed by atoms with E-state index in [-0.39, 0.29) is 29.8 Å². The average Bonchev–Trinajstić information content (AvgIpc) is 3.10. The molecule has 1 aromatic heterocycles. The van der Waals surface area contributed by atoms with Crippen molar-refractivity contribution in [3.63, 3.8) is 0 Å². The van der Waals surface area contributed by atoms with Crippen LogP contribution in [0.5, 0.6) is 0 Å². The predicted molar refractivity (Wildman–Crippen MR) is 96.8 cm³/mol. The molecule has 0 aromatic carbocycles. The highest BCUT2D eigenvalue weighted by Gasteiger charge is 2.37. The molecule has 0 radical (unpaired) electrons. The zero-order valence-electron chi connectivity index (χ0n) is 15.7. The quantitative estimate of drug-likeness (QED) is 0.706. The first-order chi connectivity index (χ1) is 12.8. The van der Waals surface area contributed by atoms with Crippen LogP contribution in [0.15, 0.2) is 18.3 Å². The lowest BCUT2D eigenvalue weighted by Crippen LogP contribution is -2.50. The van der Waals surface area contributed by atoms with Crippen molar-refractivity contribution in [3.05, 3.63) is 23.9 Å². The summed E-state index contributed by atoms with van der Waals surface area (Å²) >= 11 is 0. The summed E-state index contributed by atoms with van der Waals surface area (Å²) in [4.78, 5) is 53.6. The third kappa shape index (κ3) is 5.25. The normalized spacial score (nSPS) is 17.1. The van der Waals surface area contributed by atoms with E-state index in [1.54, 1.807) is 13.8 Å². The molecule has 2 N–H and O–H groups in total. The zero-order valence-corrected chi connectivity index (χ0v) is 15.7. The number of amides is 3. The summed E-state index contributed by atoms with van der Waals surface area (Å²) in [6, 6.07) is 1.48. The van der Waals surface area contributed by atoms with Gasteiger partial charge in [0.2, 0.25) is 11.8 Å². The monoisotopic (exact) mass is 376 g/mol. The molecule has 1 aromatic rings. The number of carbonyl (C=O) groups is 4. The number of likely N-dealkylation sites (tertiary alicyclic amines) is 1. The van der Waals surface area contributed by atoms with Gasteiger partial charge in [-0.2, -0.15) is 0 Å². The Hall–Kier alpha value is -2.97.